The summed E-state index contributed by atoms with van der Waals surface area (Å²) in [6.07, 6.45) is 1.84. The summed E-state index contributed by atoms with van der Waals surface area (Å²) < 4.78 is 0. The van der Waals surface area contributed by atoms with Gasteiger partial charge in [0.15, 0.2) is 0 Å². The van der Waals surface area contributed by atoms with Crippen LogP contribution in [0.4, 0.5) is 11.4 Å². The third kappa shape index (κ3) is 2.73. The number of nitro benzene ring substituents is 1. The summed E-state index contributed by atoms with van der Waals surface area (Å²) >= 11 is 0. The van der Waals surface area contributed by atoms with Crippen molar-refractivity contribution in [3.63, 3.8) is 0 Å². The number of nitrogens with one attached hydrogen (secondary N) is 1. The second-order valence-electron chi connectivity index (χ2n) is 6.11. The maximum atomic E-state index is 10.9. The Kier molecular flexibility index (Phi) is 3.82. The van der Waals surface area contributed by atoms with Crippen molar-refractivity contribution in [2.75, 3.05) is 25.5 Å². The van der Waals surface area contributed by atoms with Crippen LogP contribution in [-0.2, 0) is 6.54 Å². The van der Waals surface area contributed by atoms with Gasteiger partial charge in [0.1, 0.15) is 0 Å². The first-order valence-electron chi connectivity index (χ1n) is 7.44. The lowest BCUT2D eigenvalue weighted by Gasteiger charge is -2.19. The van der Waals surface area contributed by atoms with Gasteiger partial charge < -0.3 is 10.4 Å². The quantitative estimate of drug-likeness (QED) is 0.653. The molecule has 2 N–H and O–H groups in total. The molecule has 6 nitrogen and oxygen atoms in total. The highest BCUT2D eigenvalue weighted by Gasteiger charge is 2.41. The van der Waals surface area contributed by atoms with E-state index >= 15 is 0 Å². The summed E-state index contributed by atoms with van der Waals surface area (Å²) in [5.74, 6) is 0.957. The van der Waals surface area contributed by atoms with Crippen LogP contribution in [-0.4, -0.2) is 41.2 Å². The van der Waals surface area contributed by atoms with Crippen molar-refractivity contribution in [1.82, 2.24) is 4.90 Å². The van der Waals surface area contributed by atoms with Gasteiger partial charge in [-0.25, -0.2) is 0 Å². The summed E-state index contributed by atoms with van der Waals surface area (Å²) in [5, 5.41) is 24.0. The van der Waals surface area contributed by atoms with Crippen molar-refractivity contribution in [3.8, 4) is 0 Å². The van der Waals surface area contributed by atoms with E-state index in [1.54, 1.807) is 12.1 Å². The van der Waals surface area contributed by atoms with E-state index in [1.165, 1.54) is 6.07 Å². The molecule has 0 aromatic heterocycles. The molecule has 1 aromatic rings. The second kappa shape index (κ2) is 5.61. The maximum Gasteiger partial charge on any atom is 0.269 e. The van der Waals surface area contributed by atoms with Gasteiger partial charge in [-0.2, -0.15) is 0 Å². The first-order valence-corrected chi connectivity index (χ1v) is 7.44. The van der Waals surface area contributed by atoms with E-state index in [4.69, 9.17) is 0 Å². The lowest BCUT2D eigenvalue weighted by Crippen LogP contribution is -2.24. The largest absolute Gasteiger partial charge is 0.393 e. The minimum absolute atomic E-state index is 0.128. The highest BCUT2D eigenvalue weighted by atomic mass is 16.6. The van der Waals surface area contributed by atoms with E-state index in [-0.39, 0.29) is 16.7 Å². The van der Waals surface area contributed by atoms with Gasteiger partial charge in [-0.3, -0.25) is 15.0 Å². The Bertz CT molecular complexity index is 549. The minimum atomic E-state index is -0.356. The van der Waals surface area contributed by atoms with Gasteiger partial charge in [0.05, 0.1) is 11.0 Å². The summed E-state index contributed by atoms with van der Waals surface area (Å²) in [7, 11) is 1.83. The molecule has 1 aliphatic heterocycles. The third-order valence-corrected chi connectivity index (χ3v) is 4.86. The normalized spacial score (nSPS) is 28.6. The number of benzene rings is 1. The average molecular weight is 291 g/mol. The first kappa shape index (κ1) is 14.3. The molecule has 21 heavy (non-hydrogen) atoms. The van der Waals surface area contributed by atoms with Crippen molar-refractivity contribution in [3.05, 3.63) is 33.9 Å². The zero-order chi connectivity index (χ0) is 15.0. The van der Waals surface area contributed by atoms with Gasteiger partial charge in [0.2, 0.25) is 0 Å². The molecule has 0 spiro atoms. The number of nitrogens with zero attached hydrogens (tertiary/aromatic N) is 2. The van der Waals surface area contributed by atoms with E-state index in [0.29, 0.717) is 18.4 Å². The lowest BCUT2D eigenvalue weighted by molar-refractivity contribution is -0.384. The van der Waals surface area contributed by atoms with Crippen LogP contribution in [0.5, 0.6) is 0 Å². The molecular formula is C15H21N3O3. The standard InChI is InChI=1S/C15H21N3O3/c1-16-14-4-3-12(18(20)21)6-11(14)8-17-7-10-2-5-15(19)13(10)9-17/h3-4,6,10,13,15-16,19H,2,5,7-9H2,1H3. The molecule has 1 aromatic carbocycles. The Balaban J connectivity index is 1.75. The fourth-order valence-corrected chi connectivity index (χ4v) is 3.77. The van der Waals surface area contributed by atoms with Gasteiger partial charge in [-0.15, -0.1) is 0 Å². The second-order valence-corrected chi connectivity index (χ2v) is 6.11. The smallest absolute Gasteiger partial charge is 0.269 e. The fraction of sp³-hybridized carbons (Fsp3) is 0.600. The highest BCUT2D eigenvalue weighted by molar-refractivity contribution is 5.55. The molecule has 2 aliphatic rings. The molecular weight excluding hydrogens is 270 g/mol. The zero-order valence-corrected chi connectivity index (χ0v) is 12.2. The van der Waals surface area contributed by atoms with Crippen molar-refractivity contribution in [2.24, 2.45) is 11.8 Å². The molecule has 0 amide bonds. The van der Waals surface area contributed by atoms with Crippen molar-refractivity contribution >= 4 is 11.4 Å². The minimum Gasteiger partial charge on any atom is -0.393 e. The molecule has 0 radical (unpaired) electrons. The topological polar surface area (TPSA) is 78.6 Å². The van der Waals surface area contributed by atoms with Gasteiger partial charge >= 0.3 is 0 Å². The molecule has 6 heteroatoms. The SMILES string of the molecule is CNc1ccc([N+](=O)[O-])cc1CN1CC2CCC(O)C2C1. The maximum absolute atomic E-state index is 10.9. The molecule has 3 rings (SSSR count). The molecule has 2 fully saturated rings. The molecule has 114 valence electrons. The monoisotopic (exact) mass is 291 g/mol. The van der Waals surface area contributed by atoms with Crippen molar-refractivity contribution < 1.29 is 10.0 Å². The number of rotatable bonds is 4. The number of anilines is 1. The number of likely N-dealkylation sites (tertiary alicyclic amines) is 1. The molecule has 1 aliphatic carbocycles. The van der Waals surface area contributed by atoms with Crippen LogP contribution in [0.25, 0.3) is 0 Å². The predicted octanol–water partition coefficient (Wildman–Crippen LogP) is 1.84. The average Bonchev–Trinajstić information content (AvgIpc) is 3.01. The van der Waals surface area contributed by atoms with Crippen LogP contribution in [0.3, 0.4) is 0 Å². The van der Waals surface area contributed by atoms with Crippen LogP contribution in [0, 0.1) is 22.0 Å². The summed E-state index contributed by atoms with van der Waals surface area (Å²) in [5.41, 5.74) is 2.00. The number of hydrogen-bond donors (Lipinski definition) is 2. The predicted molar refractivity (Wildman–Crippen MR) is 80.1 cm³/mol. The number of hydrogen-bond acceptors (Lipinski definition) is 5. The molecule has 1 saturated carbocycles. The van der Waals surface area contributed by atoms with Crippen molar-refractivity contribution in [1.29, 1.82) is 0 Å². The van der Waals surface area contributed by atoms with Crippen LogP contribution in [0.2, 0.25) is 0 Å². The molecule has 1 heterocycles. The summed E-state index contributed by atoms with van der Waals surface area (Å²) in [4.78, 5) is 12.9. The lowest BCUT2D eigenvalue weighted by atomic mass is 10.00. The van der Waals surface area contributed by atoms with Gasteiger partial charge in [0.25, 0.3) is 5.69 Å². The molecule has 3 atom stereocenters. The number of non-ortho nitro benzene ring substituents is 1. The number of aliphatic hydroxyl groups excluding tert-OH is 1. The van der Waals surface area contributed by atoms with Gasteiger partial charge in [-0.05, 0) is 30.4 Å². The van der Waals surface area contributed by atoms with Crippen molar-refractivity contribution in [2.45, 2.75) is 25.5 Å². The zero-order valence-electron chi connectivity index (χ0n) is 12.2. The fourth-order valence-electron chi connectivity index (χ4n) is 3.77. The van der Waals surface area contributed by atoms with E-state index in [2.05, 4.69) is 10.2 Å². The van der Waals surface area contributed by atoms with Crippen LogP contribution in [0.15, 0.2) is 18.2 Å². The van der Waals surface area contributed by atoms with Gasteiger partial charge in [-0.1, -0.05) is 0 Å². The van der Waals surface area contributed by atoms with Gasteiger partial charge in [0, 0.05) is 50.4 Å². The van der Waals surface area contributed by atoms with E-state index in [0.717, 1.165) is 37.2 Å². The molecule has 3 unspecified atom stereocenters. The van der Waals surface area contributed by atoms with Crippen LogP contribution in [0.1, 0.15) is 18.4 Å². The Morgan fingerprint density at radius 2 is 2.24 bits per heavy atom. The van der Waals surface area contributed by atoms with E-state index in [1.807, 2.05) is 7.05 Å². The van der Waals surface area contributed by atoms with Crippen LogP contribution >= 0.6 is 0 Å². The number of nitro groups is 1. The first-order chi connectivity index (χ1) is 10.1. The van der Waals surface area contributed by atoms with E-state index in [9.17, 15) is 15.2 Å². The molecule has 0 bridgehead atoms. The summed E-state index contributed by atoms with van der Waals surface area (Å²) in [6, 6.07) is 4.94. The molecule has 1 saturated heterocycles. The number of aliphatic hydroxyl groups is 1. The highest BCUT2D eigenvalue weighted by Crippen LogP contribution is 2.39. The Labute approximate surface area is 123 Å². The Hall–Kier alpha value is -1.66. The van der Waals surface area contributed by atoms with Crippen LogP contribution < -0.4 is 5.32 Å². The van der Waals surface area contributed by atoms with E-state index < -0.39 is 0 Å². The Morgan fingerprint density at radius 3 is 2.90 bits per heavy atom. The number of fused-ring (bicyclic) bond motifs is 1. The summed E-state index contributed by atoms with van der Waals surface area (Å²) in [6.45, 7) is 2.56. The third-order valence-electron chi connectivity index (χ3n) is 4.86. The Morgan fingerprint density at radius 1 is 1.43 bits per heavy atom.